The van der Waals surface area contributed by atoms with E-state index in [9.17, 15) is 22.0 Å². The number of fused-ring (bicyclic) bond motifs is 1. The monoisotopic (exact) mass is 397 g/mol. The van der Waals surface area contributed by atoms with E-state index < -0.39 is 41.2 Å². The Morgan fingerprint density at radius 1 is 0.962 bits per heavy atom. The van der Waals surface area contributed by atoms with Gasteiger partial charge in [-0.25, -0.2) is 22.0 Å². The Labute approximate surface area is 153 Å². The van der Waals surface area contributed by atoms with Crippen LogP contribution in [0.3, 0.4) is 0 Å². The number of rotatable bonds is 7. The molecular formula is C17H21ClF5N3. The van der Waals surface area contributed by atoms with Crippen LogP contribution in [0.5, 0.6) is 0 Å². The topological polar surface area (TPSA) is 36.1 Å². The van der Waals surface area contributed by atoms with E-state index in [1.54, 1.807) is 0 Å². The summed E-state index contributed by atoms with van der Waals surface area (Å²) in [5.41, 5.74) is -0.839. The maximum Gasteiger partial charge on any atom is 0.200 e. The minimum Gasteiger partial charge on any atom is -0.313 e. The Morgan fingerprint density at radius 2 is 1.62 bits per heavy atom. The second-order valence-electron chi connectivity index (χ2n) is 6.86. The average molecular weight is 398 g/mol. The molecule has 1 aromatic carbocycles. The quantitative estimate of drug-likeness (QED) is 0.165. The van der Waals surface area contributed by atoms with E-state index in [-0.39, 0.29) is 5.00 Å². The Balaban J connectivity index is 1.41. The molecule has 0 radical (unpaired) electrons. The minimum atomic E-state index is -2.14. The molecule has 3 N–H and O–H groups in total. The predicted octanol–water partition coefficient (Wildman–Crippen LogP) is 3.16. The number of hydrogen-bond donors (Lipinski definition) is 3. The summed E-state index contributed by atoms with van der Waals surface area (Å²) < 4.78 is 66.3. The van der Waals surface area contributed by atoms with Crippen molar-refractivity contribution < 1.29 is 22.0 Å². The van der Waals surface area contributed by atoms with Gasteiger partial charge >= 0.3 is 0 Å². The third kappa shape index (κ3) is 3.69. The highest BCUT2D eigenvalue weighted by molar-refractivity contribution is 6.24. The average Bonchev–Trinajstić information content (AvgIpc) is 2.61. The molecule has 3 atom stereocenters. The van der Waals surface area contributed by atoms with Gasteiger partial charge in [0.25, 0.3) is 0 Å². The second-order valence-corrected chi connectivity index (χ2v) is 7.54. The maximum absolute atomic E-state index is 13.6. The van der Waals surface area contributed by atoms with Crippen LogP contribution in [0.25, 0.3) is 0 Å². The van der Waals surface area contributed by atoms with Crippen molar-refractivity contribution in [3.05, 3.63) is 34.6 Å². The lowest BCUT2D eigenvalue weighted by molar-refractivity contribution is 0.0831. The highest BCUT2D eigenvalue weighted by Crippen LogP contribution is 2.46. The molecule has 146 valence electrons. The number of halogens is 6. The molecule has 26 heavy (non-hydrogen) atoms. The summed E-state index contributed by atoms with van der Waals surface area (Å²) in [6.45, 7) is 1.50. The molecule has 1 aliphatic carbocycles. The van der Waals surface area contributed by atoms with Crippen LogP contribution in [0.15, 0.2) is 0 Å². The van der Waals surface area contributed by atoms with E-state index in [0.717, 1.165) is 25.8 Å². The van der Waals surface area contributed by atoms with Crippen molar-refractivity contribution in [2.75, 3.05) is 19.6 Å². The van der Waals surface area contributed by atoms with E-state index in [1.165, 1.54) is 0 Å². The summed E-state index contributed by atoms with van der Waals surface area (Å²) in [4.78, 5) is -0.292. The van der Waals surface area contributed by atoms with Gasteiger partial charge in [0.2, 0.25) is 5.82 Å². The third-order valence-electron chi connectivity index (χ3n) is 5.31. The molecule has 1 heterocycles. The van der Waals surface area contributed by atoms with Gasteiger partial charge < -0.3 is 10.6 Å². The third-order valence-corrected chi connectivity index (χ3v) is 5.91. The van der Waals surface area contributed by atoms with Gasteiger partial charge in [-0.1, -0.05) is 0 Å². The van der Waals surface area contributed by atoms with Gasteiger partial charge in [0.05, 0.1) is 5.00 Å². The van der Waals surface area contributed by atoms with Crippen LogP contribution in [0.4, 0.5) is 22.0 Å². The maximum atomic E-state index is 13.6. The SMILES string of the molecule is Fc1c(F)c(F)c(CNCCCNC2CCNC3(Cl)CCC23)c(F)c1F. The Bertz CT molecular complexity index is 645. The molecular weight excluding hydrogens is 377 g/mol. The Morgan fingerprint density at radius 3 is 2.23 bits per heavy atom. The molecule has 2 fully saturated rings. The molecule has 1 saturated heterocycles. The summed E-state index contributed by atoms with van der Waals surface area (Å²) in [7, 11) is 0. The van der Waals surface area contributed by atoms with Crippen molar-refractivity contribution in [1.29, 1.82) is 0 Å². The van der Waals surface area contributed by atoms with Crippen LogP contribution in [0.2, 0.25) is 0 Å². The zero-order valence-corrected chi connectivity index (χ0v) is 14.8. The highest BCUT2D eigenvalue weighted by atomic mass is 35.5. The minimum absolute atomic E-state index is 0.292. The zero-order valence-electron chi connectivity index (χ0n) is 14.1. The molecule has 3 nitrogen and oxygen atoms in total. The normalized spacial score (nSPS) is 27.9. The van der Waals surface area contributed by atoms with Crippen molar-refractivity contribution >= 4 is 11.6 Å². The van der Waals surface area contributed by atoms with E-state index in [0.29, 0.717) is 31.5 Å². The van der Waals surface area contributed by atoms with E-state index >= 15 is 0 Å². The van der Waals surface area contributed by atoms with Gasteiger partial charge in [-0.15, -0.1) is 11.6 Å². The molecule has 1 aromatic rings. The van der Waals surface area contributed by atoms with Crippen LogP contribution < -0.4 is 16.0 Å². The van der Waals surface area contributed by atoms with Crippen LogP contribution in [0, 0.1) is 35.0 Å². The summed E-state index contributed by atoms with van der Waals surface area (Å²) >= 11 is 6.48. The molecule has 0 spiro atoms. The van der Waals surface area contributed by atoms with Crippen molar-refractivity contribution in [2.24, 2.45) is 5.92 Å². The number of piperidine rings is 1. The van der Waals surface area contributed by atoms with Gasteiger partial charge in [-0.05, 0) is 45.3 Å². The summed E-state index contributed by atoms with van der Waals surface area (Å²) in [5.74, 6) is -9.16. The molecule has 3 unspecified atom stereocenters. The number of nitrogens with one attached hydrogen (secondary N) is 3. The van der Waals surface area contributed by atoms with Crippen molar-refractivity contribution in [1.82, 2.24) is 16.0 Å². The first-order chi connectivity index (χ1) is 12.3. The van der Waals surface area contributed by atoms with Gasteiger partial charge in [-0.3, -0.25) is 5.32 Å². The van der Waals surface area contributed by atoms with Gasteiger partial charge in [0.15, 0.2) is 23.3 Å². The molecule has 0 bridgehead atoms. The van der Waals surface area contributed by atoms with Gasteiger partial charge in [0, 0.05) is 24.1 Å². The van der Waals surface area contributed by atoms with E-state index in [1.807, 2.05) is 0 Å². The zero-order chi connectivity index (χ0) is 18.9. The van der Waals surface area contributed by atoms with Gasteiger partial charge in [0.1, 0.15) is 0 Å². The lowest BCUT2D eigenvalue weighted by Crippen LogP contribution is -2.65. The molecule has 9 heteroatoms. The van der Waals surface area contributed by atoms with Crippen LogP contribution in [-0.4, -0.2) is 30.7 Å². The number of hydrogen-bond acceptors (Lipinski definition) is 3. The fraction of sp³-hybridized carbons (Fsp3) is 0.647. The molecule has 0 amide bonds. The van der Waals surface area contributed by atoms with E-state index in [4.69, 9.17) is 11.6 Å². The first-order valence-corrected chi connectivity index (χ1v) is 9.11. The second kappa shape index (κ2) is 7.96. The smallest absolute Gasteiger partial charge is 0.200 e. The lowest BCUT2D eigenvalue weighted by atomic mass is 9.70. The Hall–Kier alpha value is -0.960. The first-order valence-electron chi connectivity index (χ1n) is 8.73. The van der Waals surface area contributed by atoms with Crippen molar-refractivity contribution in [3.8, 4) is 0 Å². The fourth-order valence-electron chi connectivity index (χ4n) is 3.70. The highest BCUT2D eigenvalue weighted by Gasteiger charge is 2.50. The standard InChI is InChI=1S/C17H21ClF5N3/c18-17-4-2-10(17)11(3-7-26-17)25-6-1-5-24-8-9-12(19)14(21)16(23)15(22)13(9)20/h10-11,24-26H,1-8H2. The van der Waals surface area contributed by atoms with E-state index in [2.05, 4.69) is 16.0 Å². The molecule has 1 saturated carbocycles. The predicted molar refractivity (Wildman–Crippen MR) is 88.3 cm³/mol. The summed E-state index contributed by atoms with van der Waals surface area (Å²) in [6.07, 6.45) is 3.67. The number of alkyl halides is 1. The largest absolute Gasteiger partial charge is 0.313 e. The molecule has 2 aliphatic rings. The Kier molecular flexibility index (Phi) is 6.06. The molecule has 0 aromatic heterocycles. The molecule has 3 rings (SSSR count). The van der Waals surface area contributed by atoms with Crippen LogP contribution >= 0.6 is 11.6 Å². The number of benzene rings is 1. The fourth-order valence-corrected chi connectivity index (χ4v) is 4.17. The summed E-state index contributed by atoms with van der Waals surface area (Å²) in [5, 5.41) is 9.50. The first kappa shape index (κ1) is 19.8. The van der Waals surface area contributed by atoms with Gasteiger partial charge in [-0.2, -0.15) is 0 Å². The van der Waals surface area contributed by atoms with Crippen LogP contribution in [0.1, 0.15) is 31.2 Å². The van der Waals surface area contributed by atoms with Crippen molar-refractivity contribution in [2.45, 2.75) is 43.3 Å². The summed E-state index contributed by atoms with van der Waals surface area (Å²) in [6, 6.07) is 0.331. The van der Waals surface area contributed by atoms with Crippen molar-refractivity contribution in [3.63, 3.8) is 0 Å². The lowest BCUT2D eigenvalue weighted by Gasteiger charge is -2.53. The van der Waals surface area contributed by atoms with Crippen LogP contribution in [-0.2, 0) is 6.54 Å². The molecule has 1 aliphatic heterocycles.